The van der Waals surface area contributed by atoms with Crippen molar-refractivity contribution in [2.24, 2.45) is 0 Å². The van der Waals surface area contributed by atoms with Gasteiger partial charge in [-0.05, 0) is 17.7 Å². The Morgan fingerprint density at radius 1 is 1.08 bits per heavy atom. The molecular formula is C17H16N4O2S. The van der Waals surface area contributed by atoms with Gasteiger partial charge in [0.15, 0.2) is 16.6 Å². The molecule has 0 aliphatic rings. The van der Waals surface area contributed by atoms with Crippen LogP contribution in [0.2, 0.25) is 0 Å². The van der Waals surface area contributed by atoms with Crippen LogP contribution in [0.1, 0.15) is 5.56 Å². The minimum Gasteiger partial charge on any atom is -0.493 e. The molecule has 24 heavy (non-hydrogen) atoms. The van der Waals surface area contributed by atoms with Crippen LogP contribution in [0.15, 0.2) is 36.7 Å². The van der Waals surface area contributed by atoms with Crippen LogP contribution < -0.4 is 15.2 Å². The molecule has 0 aliphatic carbocycles. The van der Waals surface area contributed by atoms with Crippen molar-refractivity contribution in [2.45, 2.75) is 6.54 Å². The van der Waals surface area contributed by atoms with Gasteiger partial charge in [0.25, 0.3) is 0 Å². The van der Waals surface area contributed by atoms with Gasteiger partial charge in [-0.1, -0.05) is 17.4 Å². The third kappa shape index (κ3) is 2.43. The van der Waals surface area contributed by atoms with Crippen LogP contribution in [0, 0.1) is 0 Å². The minimum absolute atomic E-state index is 0.590. The number of benzene rings is 2. The molecule has 0 amide bonds. The number of hydrogen-bond acceptors (Lipinski definition) is 6. The van der Waals surface area contributed by atoms with E-state index >= 15 is 0 Å². The van der Waals surface area contributed by atoms with Crippen LogP contribution in [0.25, 0.3) is 21.3 Å². The highest BCUT2D eigenvalue weighted by atomic mass is 32.1. The fourth-order valence-electron chi connectivity index (χ4n) is 2.79. The zero-order valence-electron chi connectivity index (χ0n) is 13.3. The van der Waals surface area contributed by atoms with Gasteiger partial charge in [0, 0.05) is 18.7 Å². The molecule has 0 saturated carbocycles. The highest BCUT2D eigenvalue weighted by molar-refractivity contribution is 7.22. The van der Waals surface area contributed by atoms with Crippen LogP contribution in [0.4, 0.5) is 5.13 Å². The van der Waals surface area contributed by atoms with E-state index < -0.39 is 0 Å². The average Bonchev–Trinajstić information content (AvgIpc) is 3.15. The molecular weight excluding hydrogens is 324 g/mol. The van der Waals surface area contributed by atoms with Gasteiger partial charge in [0.05, 0.1) is 41.8 Å². The second-order valence-electron chi connectivity index (χ2n) is 5.42. The maximum atomic E-state index is 5.78. The molecule has 2 aromatic heterocycles. The number of thiazole rings is 1. The molecule has 6 nitrogen and oxygen atoms in total. The standard InChI is InChI=1S/C17H16N4O2S/c1-22-14-6-12-13(7-15(14)23-2)21(9-19-12)8-10-3-4-11-16(5-10)24-17(18)20-11/h3-7,9H,8H2,1-2H3,(H2,18,20). The summed E-state index contributed by atoms with van der Waals surface area (Å²) in [5.41, 5.74) is 9.75. The van der Waals surface area contributed by atoms with E-state index in [4.69, 9.17) is 15.2 Å². The number of nitrogens with two attached hydrogens (primary N) is 1. The first kappa shape index (κ1) is 14.8. The number of aromatic nitrogens is 3. The van der Waals surface area contributed by atoms with Crippen molar-refractivity contribution in [1.29, 1.82) is 0 Å². The lowest BCUT2D eigenvalue weighted by Gasteiger charge is -2.09. The molecule has 122 valence electrons. The summed E-state index contributed by atoms with van der Waals surface area (Å²) < 4.78 is 13.9. The normalized spacial score (nSPS) is 11.2. The molecule has 7 heteroatoms. The second-order valence-corrected chi connectivity index (χ2v) is 6.48. The van der Waals surface area contributed by atoms with E-state index in [0.29, 0.717) is 23.2 Å². The molecule has 4 rings (SSSR count). The van der Waals surface area contributed by atoms with Gasteiger partial charge in [0.1, 0.15) is 0 Å². The van der Waals surface area contributed by atoms with Crippen LogP contribution >= 0.6 is 11.3 Å². The molecule has 0 atom stereocenters. The summed E-state index contributed by atoms with van der Waals surface area (Å²) in [6.45, 7) is 0.708. The number of hydrogen-bond donors (Lipinski definition) is 1. The first-order valence-corrected chi connectivity index (χ1v) is 8.21. The van der Waals surface area contributed by atoms with Gasteiger partial charge in [-0.2, -0.15) is 0 Å². The zero-order valence-corrected chi connectivity index (χ0v) is 14.1. The van der Waals surface area contributed by atoms with E-state index in [1.165, 1.54) is 16.9 Å². The lowest BCUT2D eigenvalue weighted by atomic mass is 10.2. The topological polar surface area (TPSA) is 75.2 Å². The number of methoxy groups -OCH3 is 2. The maximum absolute atomic E-state index is 5.78. The molecule has 2 heterocycles. The Balaban J connectivity index is 1.75. The van der Waals surface area contributed by atoms with Crippen molar-refractivity contribution < 1.29 is 9.47 Å². The number of ether oxygens (including phenoxy) is 2. The fourth-order valence-corrected chi connectivity index (χ4v) is 3.59. The van der Waals surface area contributed by atoms with Crippen molar-refractivity contribution in [3.63, 3.8) is 0 Å². The molecule has 0 radical (unpaired) electrons. The van der Waals surface area contributed by atoms with E-state index in [2.05, 4.69) is 26.7 Å². The van der Waals surface area contributed by atoms with Crippen molar-refractivity contribution in [3.8, 4) is 11.5 Å². The Labute approximate surface area is 142 Å². The quantitative estimate of drug-likeness (QED) is 0.617. The SMILES string of the molecule is COc1cc2ncn(Cc3ccc4nc(N)sc4c3)c2cc1OC. The smallest absolute Gasteiger partial charge is 0.181 e. The Morgan fingerprint density at radius 2 is 1.88 bits per heavy atom. The Morgan fingerprint density at radius 3 is 2.67 bits per heavy atom. The average molecular weight is 340 g/mol. The summed E-state index contributed by atoms with van der Waals surface area (Å²) in [7, 11) is 3.25. The largest absolute Gasteiger partial charge is 0.493 e. The second kappa shape index (κ2) is 5.68. The van der Waals surface area contributed by atoms with E-state index in [9.17, 15) is 0 Å². The molecule has 4 aromatic rings. The predicted molar refractivity (Wildman–Crippen MR) is 96.0 cm³/mol. The first-order chi connectivity index (χ1) is 11.7. The van der Waals surface area contributed by atoms with E-state index in [0.717, 1.165) is 21.3 Å². The van der Waals surface area contributed by atoms with Gasteiger partial charge in [-0.25, -0.2) is 9.97 Å². The molecule has 0 saturated heterocycles. The molecule has 0 aliphatic heterocycles. The number of nitrogen functional groups attached to an aromatic ring is 1. The molecule has 0 spiro atoms. The van der Waals surface area contributed by atoms with Crippen LogP contribution in [-0.2, 0) is 6.54 Å². The van der Waals surface area contributed by atoms with Crippen molar-refractivity contribution >= 4 is 37.7 Å². The monoisotopic (exact) mass is 340 g/mol. The molecule has 2 N–H and O–H groups in total. The van der Waals surface area contributed by atoms with Crippen LogP contribution in [0.3, 0.4) is 0 Å². The Kier molecular flexibility index (Phi) is 3.50. The summed E-state index contributed by atoms with van der Waals surface area (Å²) in [6.07, 6.45) is 1.83. The van der Waals surface area contributed by atoms with Crippen molar-refractivity contribution in [3.05, 3.63) is 42.2 Å². The highest BCUT2D eigenvalue weighted by Gasteiger charge is 2.11. The predicted octanol–water partition coefficient (Wildman–Crippen LogP) is 3.29. The number of rotatable bonds is 4. The summed E-state index contributed by atoms with van der Waals surface area (Å²) >= 11 is 1.50. The van der Waals surface area contributed by atoms with E-state index in [1.54, 1.807) is 14.2 Å². The third-order valence-corrected chi connectivity index (χ3v) is 4.80. The Bertz CT molecular complexity index is 1040. The summed E-state index contributed by atoms with van der Waals surface area (Å²) in [5.74, 6) is 1.37. The van der Waals surface area contributed by atoms with Gasteiger partial charge in [-0.3, -0.25) is 0 Å². The summed E-state index contributed by atoms with van der Waals surface area (Å²) in [5, 5.41) is 0.590. The summed E-state index contributed by atoms with van der Waals surface area (Å²) in [4.78, 5) is 8.75. The molecule has 2 aromatic carbocycles. The zero-order chi connectivity index (χ0) is 16.7. The fraction of sp³-hybridized carbons (Fsp3) is 0.176. The van der Waals surface area contributed by atoms with E-state index in [-0.39, 0.29) is 0 Å². The van der Waals surface area contributed by atoms with Gasteiger partial charge < -0.3 is 19.8 Å². The highest BCUT2D eigenvalue weighted by Crippen LogP contribution is 2.32. The lowest BCUT2D eigenvalue weighted by Crippen LogP contribution is -1.98. The van der Waals surface area contributed by atoms with Crippen LogP contribution in [-0.4, -0.2) is 28.8 Å². The lowest BCUT2D eigenvalue weighted by molar-refractivity contribution is 0.355. The van der Waals surface area contributed by atoms with Gasteiger partial charge in [0.2, 0.25) is 0 Å². The van der Waals surface area contributed by atoms with Crippen molar-refractivity contribution in [2.75, 3.05) is 20.0 Å². The van der Waals surface area contributed by atoms with E-state index in [1.807, 2.05) is 24.5 Å². The number of anilines is 1. The molecule has 0 fully saturated rings. The van der Waals surface area contributed by atoms with Gasteiger partial charge in [-0.15, -0.1) is 0 Å². The number of fused-ring (bicyclic) bond motifs is 2. The minimum atomic E-state index is 0.590. The third-order valence-electron chi connectivity index (χ3n) is 3.95. The Hall–Kier alpha value is -2.80. The maximum Gasteiger partial charge on any atom is 0.181 e. The summed E-state index contributed by atoms with van der Waals surface area (Å²) in [6, 6.07) is 10.0. The van der Waals surface area contributed by atoms with Gasteiger partial charge >= 0.3 is 0 Å². The van der Waals surface area contributed by atoms with Crippen LogP contribution in [0.5, 0.6) is 11.5 Å². The van der Waals surface area contributed by atoms with Crippen molar-refractivity contribution in [1.82, 2.24) is 14.5 Å². The first-order valence-electron chi connectivity index (χ1n) is 7.40. The molecule has 0 bridgehead atoms. The molecule has 0 unspecified atom stereocenters. The number of imidazole rings is 1. The number of nitrogens with zero attached hydrogens (tertiary/aromatic N) is 3.